The van der Waals surface area contributed by atoms with Crippen LogP contribution in [-0.4, -0.2) is 34.9 Å². The molecule has 34 heavy (non-hydrogen) atoms. The van der Waals surface area contributed by atoms with Crippen molar-refractivity contribution in [1.29, 1.82) is 5.26 Å². The number of anilines is 1. The second-order valence-corrected chi connectivity index (χ2v) is 10.8. The van der Waals surface area contributed by atoms with Gasteiger partial charge in [-0.25, -0.2) is 4.99 Å². The third-order valence-corrected chi connectivity index (χ3v) is 8.58. The smallest absolute Gasteiger partial charge is 0.133 e. The van der Waals surface area contributed by atoms with E-state index in [0.717, 1.165) is 48.1 Å². The minimum Gasteiger partial charge on any atom is -0.293 e. The van der Waals surface area contributed by atoms with Crippen LogP contribution in [0.5, 0.6) is 0 Å². The van der Waals surface area contributed by atoms with Crippen molar-refractivity contribution < 1.29 is 0 Å². The van der Waals surface area contributed by atoms with Crippen molar-refractivity contribution in [2.45, 2.75) is 71.8 Å². The first kappa shape index (κ1) is 23.2. The number of hydrogen-bond acceptors (Lipinski definition) is 4. The number of benzene rings is 2. The Labute approximate surface area is 209 Å². The molecule has 1 spiro atoms. The van der Waals surface area contributed by atoms with E-state index in [9.17, 15) is 5.26 Å². The molecule has 1 saturated carbocycles. The highest BCUT2D eigenvalue weighted by molar-refractivity contribution is 7.80. The van der Waals surface area contributed by atoms with Crippen LogP contribution in [0.25, 0.3) is 0 Å². The summed E-state index contributed by atoms with van der Waals surface area (Å²) in [7, 11) is 0. The SMILES string of the molecule is Cc1cc(C)c(N=C2[C@@H](N3CCCC3)C3(CCCCC3)C(=S)N2c2ccc(C#N)cc2)c(C)c1. The number of nitrogens with zero attached hydrogens (tertiary/aromatic N) is 4. The van der Waals surface area contributed by atoms with Crippen LogP contribution in [0.2, 0.25) is 0 Å². The van der Waals surface area contributed by atoms with E-state index in [4.69, 9.17) is 17.2 Å². The van der Waals surface area contributed by atoms with Gasteiger partial charge >= 0.3 is 0 Å². The van der Waals surface area contributed by atoms with Crippen LogP contribution in [0.4, 0.5) is 11.4 Å². The molecule has 2 saturated heterocycles. The molecule has 0 bridgehead atoms. The van der Waals surface area contributed by atoms with Gasteiger partial charge in [0.15, 0.2) is 0 Å². The van der Waals surface area contributed by atoms with Gasteiger partial charge in [0.1, 0.15) is 5.84 Å². The molecule has 3 fully saturated rings. The number of nitriles is 1. The first-order valence-corrected chi connectivity index (χ1v) is 13.1. The summed E-state index contributed by atoms with van der Waals surface area (Å²) < 4.78 is 0. The van der Waals surface area contributed by atoms with E-state index in [1.807, 2.05) is 24.3 Å². The van der Waals surface area contributed by atoms with E-state index < -0.39 is 0 Å². The average Bonchev–Trinajstić information content (AvgIpc) is 3.43. The predicted molar refractivity (Wildman–Crippen MR) is 144 cm³/mol. The molecular weight excluding hydrogens is 436 g/mol. The maximum Gasteiger partial charge on any atom is 0.133 e. The van der Waals surface area contributed by atoms with Gasteiger partial charge in [0.2, 0.25) is 0 Å². The number of hydrogen-bond donors (Lipinski definition) is 0. The van der Waals surface area contributed by atoms with Crippen LogP contribution < -0.4 is 4.90 Å². The number of amidine groups is 1. The normalized spacial score (nSPS) is 23.7. The molecule has 176 valence electrons. The Balaban J connectivity index is 1.73. The van der Waals surface area contributed by atoms with Crippen LogP contribution in [-0.2, 0) is 0 Å². The molecule has 0 N–H and O–H groups in total. The molecule has 5 heteroatoms. The molecule has 0 radical (unpaired) electrons. The Kier molecular flexibility index (Phi) is 6.31. The number of aliphatic imine (C=N–C) groups is 1. The quantitative estimate of drug-likeness (QED) is 0.464. The number of likely N-dealkylation sites (tertiary alicyclic amines) is 1. The van der Waals surface area contributed by atoms with Gasteiger partial charge in [-0.15, -0.1) is 0 Å². The maximum atomic E-state index is 9.34. The summed E-state index contributed by atoms with van der Waals surface area (Å²) in [6.45, 7) is 8.71. The lowest BCUT2D eigenvalue weighted by atomic mass is 9.70. The Morgan fingerprint density at radius 2 is 1.56 bits per heavy atom. The Morgan fingerprint density at radius 1 is 0.941 bits per heavy atom. The third kappa shape index (κ3) is 3.87. The third-order valence-electron chi connectivity index (χ3n) is 7.99. The van der Waals surface area contributed by atoms with Gasteiger partial charge in [0.25, 0.3) is 0 Å². The first-order chi connectivity index (χ1) is 16.4. The summed E-state index contributed by atoms with van der Waals surface area (Å²) in [5.41, 5.74) is 6.40. The zero-order valence-electron chi connectivity index (χ0n) is 20.6. The van der Waals surface area contributed by atoms with Gasteiger partial charge in [-0.2, -0.15) is 5.26 Å². The molecule has 5 rings (SSSR count). The minimum absolute atomic E-state index is 0.0445. The minimum atomic E-state index is -0.0445. The number of thiocarbonyl (C=S) groups is 1. The van der Waals surface area contributed by atoms with Gasteiger partial charge in [0, 0.05) is 11.1 Å². The average molecular weight is 471 g/mol. The molecule has 2 aliphatic heterocycles. The molecule has 0 unspecified atom stereocenters. The van der Waals surface area contributed by atoms with Crippen molar-refractivity contribution in [2.24, 2.45) is 10.4 Å². The van der Waals surface area contributed by atoms with E-state index in [-0.39, 0.29) is 11.5 Å². The fourth-order valence-corrected chi connectivity index (χ4v) is 7.02. The van der Waals surface area contributed by atoms with E-state index in [1.54, 1.807) is 0 Å². The lowest BCUT2D eigenvalue weighted by Gasteiger charge is -2.41. The fourth-order valence-electron chi connectivity index (χ4n) is 6.50. The van der Waals surface area contributed by atoms with Crippen molar-refractivity contribution in [3.63, 3.8) is 0 Å². The molecule has 4 nitrogen and oxygen atoms in total. The van der Waals surface area contributed by atoms with Gasteiger partial charge in [-0.1, -0.05) is 49.2 Å². The zero-order chi connectivity index (χ0) is 23.9. The lowest BCUT2D eigenvalue weighted by Crippen LogP contribution is -2.49. The van der Waals surface area contributed by atoms with Crippen molar-refractivity contribution in [3.8, 4) is 6.07 Å². The van der Waals surface area contributed by atoms with Crippen LogP contribution in [0, 0.1) is 37.5 Å². The summed E-state index contributed by atoms with van der Waals surface area (Å²) in [6.07, 6.45) is 8.48. The van der Waals surface area contributed by atoms with Gasteiger partial charge < -0.3 is 0 Å². The highest BCUT2D eigenvalue weighted by Crippen LogP contribution is 2.51. The van der Waals surface area contributed by atoms with Crippen LogP contribution in [0.15, 0.2) is 41.4 Å². The van der Waals surface area contributed by atoms with Crippen molar-refractivity contribution in [1.82, 2.24) is 4.90 Å². The Hall–Kier alpha value is -2.55. The highest BCUT2D eigenvalue weighted by atomic mass is 32.1. The van der Waals surface area contributed by atoms with Crippen molar-refractivity contribution in [3.05, 3.63) is 58.7 Å². The van der Waals surface area contributed by atoms with Crippen LogP contribution in [0.3, 0.4) is 0 Å². The van der Waals surface area contributed by atoms with E-state index in [2.05, 4.69) is 48.8 Å². The van der Waals surface area contributed by atoms with Crippen molar-refractivity contribution >= 4 is 34.4 Å². The summed E-state index contributed by atoms with van der Waals surface area (Å²) >= 11 is 6.36. The molecular formula is C29H34N4S. The summed E-state index contributed by atoms with van der Waals surface area (Å²) in [5.74, 6) is 1.08. The fraction of sp³-hybridized carbons (Fsp3) is 0.483. The summed E-state index contributed by atoms with van der Waals surface area (Å²) in [6, 6.07) is 14.8. The molecule has 0 aromatic heterocycles. The number of rotatable bonds is 3. The zero-order valence-corrected chi connectivity index (χ0v) is 21.4. The number of aryl methyl sites for hydroxylation is 3. The van der Waals surface area contributed by atoms with Gasteiger partial charge in [-0.3, -0.25) is 9.80 Å². The molecule has 2 aromatic carbocycles. The maximum absolute atomic E-state index is 9.34. The molecule has 2 heterocycles. The summed E-state index contributed by atoms with van der Waals surface area (Å²) in [4.78, 5) is 11.4. The predicted octanol–water partition coefficient (Wildman–Crippen LogP) is 6.78. The Morgan fingerprint density at radius 3 is 2.15 bits per heavy atom. The van der Waals surface area contributed by atoms with E-state index in [1.165, 1.54) is 48.8 Å². The second-order valence-electron chi connectivity index (χ2n) is 10.4. The summed E-state index contributed by atoms with van der Waals surface area (Å²) in [5, 5.41) is 9.34. The molecule has 3 aliphatic rings. The monoisotopic (exact) mass is 470 g/mol. The molecule has 2 aromatic rings. The molecule has 0 amide bonds. The lowest BCUT2D eigenvalue weighted by molar-refractivity contribution is 0.155. The van der Waals surface area contributed by atoms with Crippen LogP contribution in [0.1, 0.15) is 67.2 Å². The van der Waals surface area contributed by atoms with E-state index >= 15 is 0 Å². The first-order valence-electron chi connectivity index (χ1n) is 12.7. The van der Waals surface area contributed by atoms with Crippen LogP contribution >= 0.6 is 12.2 Å². The molecule has 1 atom stereocenters. The van der Waals surface area contributed by atoms with Gasteiger partial charge in [-0.05, 0) is 94.9 Å². The van der Waals surface area contributed by atoms with E-state index in [0.29, 0.717) is 5.56 Å². The largest absolute Gasteiger partial charge is 0.293 e. The highest BCUT2D eigenvalue weighted by Gasteiger charge is 2.57. The molecule has 1 aliphatic carbocycles. The Bertz CT molecular complexity index is 1140. The second kappa shape index (κ2) is 9.24. The van der Waals surface area contributed by atoms with Crippen molar-refractivity contribution in [2.75, 3.05) is 18.0 Å². The van der Waals surface area contributed by atoms with Gasteiger partial charge in [0.05, 0.1) is 28.4 Å². The standard InChI is InChI=1S/C29H34N4S/c1-20-17-21(2)25(22(3)18-20)31-27-26(32-15-7-8-16-32)29(13-5-4-6-14-29)28(34)33(27)24-11-9-23(19-30)10-12-24/h9-12,17-18,26H,4-8,13-16H2,1-3H3/t26-/m1/s1. The topological polar surface area (TPSA) is 42.6 Å².